The van der Waals surface area contributed by atoms with Gasteiger partial charge in [-0.3, -0.25) is 4.90 Å². The highest BCUT2D eigenvalue weighted by Crippen LogP contribution is 2.33. The van der Waals surface area contributed by atoms with Gasteiger partial charge in [0.2, 0.25) is 0 Å². The van der Waals surface area contributed by atoms with Crippen LogP contribution in [0.3, 0.4) is 0 Å². The summed E-state index contributed by atoms with van der Waals surface area (Å²) < 4.78 is 0. The molecule has 0 radical (unpaired) electrons. The van der Waals surface area contributed by atoms with Crippen LogP contribution in [0.1, 0.15) is 39.5 Å². The number of rotatable bonds is 0. The SMILES string of the molecule is C[C@H]1C[C@H]2CCCN2[C@@H](C)C1. The zero-order chi connectivity index (χ0) is 7.84. The predicted molar refractivity (Wildman–Crippen MR) is 47.6 cm³/mol. The van der Waals surface area contributed by atoms with Crippen LogP contribution in [0, 0.1) is 5.92 Å². The Kier molecular flexibility index (Phi) is 1.92. The van der Waals surface area contributed by atoms with E-state index in [4.69, 9.17) is 0 Å². The molecule has 0 aliphatic carbocycles. The fraction of sp³-hybridized carbons (Fsp3) is 1.00. The van der Waals surface area contributed by atoms with E-state index in [2.05, 4.69) is 18.7 Å². The van der Waals surface area contributed by atoms with Crippen molar-refractivity contribution >= 4 is 0 Å². The molecule has 0 aromatic carbocycles. The lowest BCUT2D eigenvalue weighted by Crippen LogP contribution is -2.43. The van der Waals surface area contributed by atoms with Gasteiger partial charge in [-0.25, -0.2) is 0 Å². The maximum atomic E-state index is 2.72. The molecule has 11 heavy (non-hydrogen) atoms. The molecule has 0 saturated carbocycles. The van der Waals surface area contributed by atoms with Crippen LogP contribution < -0.4 is 0 Å². The zero-order valence-corrected chi connectivity index (χ0v) is 7.71. The molecule has 2 fully saturated rings. The number of nitrogens with zero attached hydrogens (tertiary/aromatic N) is 1. The summed E-state index contributed by atoms with van der Waals surface area (Å²) in [7, 11) is 0. The molecule has 64 valence electrons. The standard InChI is InChI=1S/C10H19N/c1-8-6-9(2)11-5-3-4-10(11)7-8/h8-10H,3-7H2,1-2H3/t8-,9+,10-/m1/s1. The Balaban J connectivity index is 2.04. The molecule has 0 unspecified atom stereocenters. The largest absolute Gasteiger partial charge is 0.298 e. The molecule has 0 aromatic heterocycles. The van der Waals surface area contributed by atoms with Gasteiger partial charge in [-0.05, 0) is 45.1 Å². The van der Waals surface area contributed by atoms with Crippen molar-refractivity contribution in [2.75, 3.05) is 6.54 Å². The van der Waals surface area contributed by atoms with Gasteiger partial charge in [0.25, 0.3) is 0 Å². The number of hydrogen-bond donors (Lipinski definition) is 0. The fourth-order valence-electron chi connectivity index (χ4n) is 2.97. The first-order valence-corrected chi connectivity index (χ1v) is 5.03. The summed E-state index contributed by atoms with van der Waals surface area (Å²) in [5.74, 6) is 0.976. The van der Waals surface area contributed by atoms with Crippen LogP contribution in [0.5, 0.6) is 0 Å². The minimum atomic E-state index is 0.867. The van der Waals surface area contributed by atoms with Crippen molar-refractivity contribution in [2.45, 2.75) is 51.6 Å². The Morgan fingerprint density at radius 2 is 2.00 bits per heavy atom. The zero-order valence-electron chi connectivity index (χ0n) is 7.71. The maximum Gasteiger partial charge on any atom is 0.0101 e. The summed E-state index contributed by atoms with van der Waals surface area (Å²) in [6.07, 6.45) is 5.80. The highest BCUT2D eigenvalue weighted by molar-refractivity contribution is 4.89. The number of hydrogen-bond acceptors (Lipinski definition) is 1. The van der Waals surface area contributed by atoms with Gasteiger partial charge < -0.3 is 0 Å². The van der Waals surface area contributed by atoms with E-state index in [1.807, 2.05) is 0 Å². The van der Waals surface area contributed by atoms with Gasteiger partial charge in [-0.1, -0.05) is 6.92 Å². The molecule has 2 saturated heterocycles. The van der Waals surface area contributed by atoms with Crippen molar-refractivity contribution in [3.05, 3.63) is 0 Å². The van der Waals surface area contributed by atoms with Crippen LogP contribution >= 0.6 is 0 Å². The van der Waals surface area contributed by atoms with E-state index in [1.165, 1.54) is 32.2 Å². The minimum absolute atomic E-state index is 0.867. The molecule has 0 spiro atoms. The van der Waals surface area contributed by atoms with Gasteiger partial charge in [-0.15, -0.1) is 0 Å². The number of fused-ring (bicyclic) bond motifs is 1. The second-order valence-electron chi connectivity index (χ2n) is 4.46. The van der Waals surface area contributed by atoms with E-state index >= 15 is 0 Å². The van der Waals surface area contributed by atoms with Crippen molar-refractivity contribution in [1.82, 2.24) is 4.90 Å². The molecule has 2 heterocycles. The minimum Gasteiger partial charge on any atom is -0.298 e. The Morgan fingerprint density at radius 1 is 1.18 bits per heavy atom. The lowest BCUT2D eigenvalue weighted by Gasteiger charge is -2.38. The van der Waals surface area contributed by atoms with Gasteiger partial charge >= 0.3 is 0 Å². The smallest absolute Gasteiger partial charge is 0.0101 e. The normalized spacial score (nSPS) is 45.8. The van der Waals surface area contributed by atoms with Gasteiger partial charge in [0.1, 0.15) is 0 Å². The van der Waals surface area contributed by atoms with Crippen LogP contribution in [0.2, 0.25) is 0 Å². The van der Waals surface area contributed by atoms with E-state index in [1.54, 1.807) is 0 Å². The average Bonchev–Trinajstić information content (AvgIpc) is 2.34. The summed E-state index contributed by atoms with van der Waals surface area (Å²) in [6.45, 7) is 6.18. The van der Waals surface area contributed by atoms with Gasteiger partial charge in [-0.2, -0.15) is 0 Å². The van der Waals surface area contributed by atoms with Crippen molar-refractivity contribution in [3.8, 4) is 0 Å². The predicted octanol–water partition coefficient (Wildman–Crippen LogP) is 2.27. The third kappa shape index (κ3) is 1.31. The third-order valence-electron chi connectivity index (χ3n) is 3.41. The van der Waals surface area contributed by atoms with Gasteiger partial charge in [0.05, 0.1) is 0 Å². The summed E-state index contributed by atoms with van der Waals surface area (Å²) >= 11 is 0. The van der Waals surface area contributed by atoms with E-state index in [0.717, 1.165) is 18.0 Å². The summed E-state index contributed by atoms with van der Waals surface area (Å²) in [6, 6.07) is 1.82. The molecule has 2 aliphatic rings. The number of piperidine rings is 1. The Hall–Kier alpha value is -0.0400. The van der Waals surface area contributed by atoms with E-state index in [0.29, 0.717) is 0 Å². The second-order valence-corrected chi connectivity index (χ2v) is 4.46. The first kappa shape index (κ1) is 7.60. The summed E-state index contributed by atoms with van der Waals surface area (Å²) in [5, 5.41) is 0. The van der Waals surface area contributed by atoms with Crippen LogP contribution in [0.15, 0.2) is 0 Å². The molecular formula is C10H19N. The third-order valence-corrected chi connectivity index (χ3v) is 3.41. The highest BCUT2D eigenvalue weighted by atomic mass is 15.2. The van der Waals surface area contributed by atoms with E-state index in [9.17, 15) is 0 Å². The highest BCUT2D eigenvalue weighted by Gasteiger charge is 2.34. The molecule has 1 nitrogen and oxygen atoms in total. The second kappa shape index (κ2) is 2.78. The fourth-order valence-corrected chi connectivity index (χ4v) is 2.97. The summed E-state index contributed by atoms with van der Waals surface area (Å²) in [5.41, 5.74) is 0. The van der Waals surface area contributed by atoms with Gasteiger partial charge in [0.15, 0.2) is 0 Å². The topological polar surface area (TPSA) is 3.24 Å². The first-order chi connectivity index (χ1) is 5.27. The Morgan fingerprint density at radius 3 is 2.82 bits per heavy atom. The van der Waals surface area contributed by atoms with Gasteiger partial charge in [0, 0.05) is 12.1 Å². The lowest BCUT2D eigenvalue weighted by molar-refractivity contribution is 0.103. The van der Waals surface area contributed by atoms with Crippen LogP contribution in [0.4, 0.5) is 0 Å². The maximum absolute atomic E-state index is 2.72. The Labute approximate surface area is 69.8 Å². The van der Waals surface area contributed by atoms with Crippen molar-refractivity contribution < 1.29 is 0 Å². The molecule has 0 aromatic rings. The Bertz CT molecular complexity index is 144. The van der Waals surface area contributed by atoms with Crippen LogP contribution in [-0.4, -0.2) is 23.5 Å². The molecular weight excluding hydrogens is 134 g/mol. The molecule has 2 rings (SSSR count). The quantitative estimate of drug-likeness (QED) is 0.516. The average molecular weight is 153 g/mol. The molecule has 3 atom stereocenters. The van der Waals surface area contributed by atoms with E-state index < -0.39 is 0 Å². The van der Waals surface area contributed by atoms with Crippen molar-refractivity contribution in [1.29, 1.82) is 0 Å². The molecule has 1 heteroatoms. The van der Waals surface area contributed by atoms with Crippen molar-refractivity contribution in [3.63, 3.8) is 0 Å². The molecule has 0 N–H and O–H groups in total. The lowest BCUT2D eigenvalue weighted by atomic mass is 9.89. The first-order valence-electron chi connectivity index (χ1n) is 5.03. The summed E-state index contributed by atoms with van der Waals surface area (Å²) in [4.78, 5) is 2.72. The van der Waals surface area contributed by atoms with E-state index in [-0.39, 0.29) is 0 Å². The molecule has 0 amide bonds. The molecule has 0 bridgehead atoms. The van der Waals surface area contributed by atoms with Crippen LogP contribution in [0.25, 0.3) is 0 Å². The molecule has 2 aliphatic heterocycles. The van der Waals surface area contributed by atoms with Crippen molar-refractivity contribution in [2.24, 2.45) is 5.92 Å². The van der Waals surface area contributed by atoms with Crippen LogP contribution in [-0.2, 0) is 0 Å². The monoisotopic (exact) mass is 153 g/mol.